The van der Waals surface area contributed by atoms with E-state index in [1.54, 1.807) is 6.08 Å². The maximum absolute atomic E-state index is 3.62. The molecule has 7 aromatic carbocycles. The number of hydrogen-bond donors (Lipinski definition) is 1. The van der Waals surface area contributed by atoms with Crippen LogP contribution < -0.4 is 4.90 Å². The molecule has 0 aliphatic carbocycles. The van der Waals surface area contributed by atoms with E-state index in [0.29, 0.717) is 0 Å². The Morgan fingerprint density at radius 3 is 1.55 bits per heavy atom. The summed E-state index contributed by atoms with van der Waals surface area (Å²) in [6.07, 6.45) is 6.18. The molecule has 1 N–H and O–H groups in total. The highest BCUT2D eigenvalue weighted by molar-refractivity contribution is 6.14. The van der Waals surface area contributed by atoms with E-state index >= 15 is 0 Å². The molecule has 1 aromatic heterocycles. The number of nitrogens with one attached hydrogen (secondary N) is 1. The van der Waals surface area contributed by atoms with Crippen LogP contribution >= 0.6 is 0 Å². The zero-order chi connectivity index (χ0) is 36.6. The van der Waals surface area contributed by atoms with Gasteiger partial charge in [0.2, 0.25) is 0 Å². The lowest BCUT2D eigenvalue weighted by atomic mass is 9.98. The van der Waals surface area contributed by atoms with Crippen LogP contribution in [0.3, 0.4) is 0 Å². The molecule has 8 rings (SSSR count). The van der Waals surface area contributed by atoms with E-state index in [1.165, 1.54) is 49.4 Å². The number of hydrogen-bond acceptors (Lipinski definition) is 1. The summed E-state index contributed by atoms with van der Waals surface area (Å²) in [6, 6.07) is 63.0. The maximum Gasteiger partial charge on any atom is 0.0546 e. The summed E-state index contributed by atoms with van der Waals surface area (Å²) in [6.45, 7) is 9.60. The van der Waals surface area contributed by atoms with Crippen LogP contribution in [0.2, 0.25) is 0 Å². The minimum atomic E-state index is 1.10. The third-order valence-electron chi connectivity index (χ3n) is 9.59. The minimum absolute atomic E-state index is 1.10. The van der Waals surface area contributed by atoms with Crippen LogP contribution in [0.4, 0.5) is 17.1 Å². The fourth-order valence-corrected chi connectivity index (χ4v) is 6.80. The number of aromatic amines is 1. The quantitative estimate of drug-likeness (QED) is 0.0959. The van der Waals surface area contributed by atoms with Crippen LogP contribution in [0, 0.1) is 0 Å². The Kier molecular flexibility index (Phi) is 10.6. The van der Waals surface area contributed by atoms with Crippen LogP contribution in [0.1, 0.15) is 31.9 Å². The number of nitrogens with zero attached hydrogens (tertiary/aromatic N) is 1. The summed E-state index contributed by atoms with van der Waals surface area (Å²) in [5.74, 6) is 0. The topological polar surface area (TPSA) is 19.0 Å². The fraction of sp³-hybridized carbons (Fsp3) is 0.0588. The summed E-state index contributed by atoms with van der Waals surface area (Å²) in [7, 11) is 0. The van der Waals surface area contributed by atoms with Gasteiger partial charge in [0.25, 0.3) is 0 Å². The molecule has 53 heavy (non-hydrogen) atoms. The summed E-state index contributed by atoms with van der Waals surface area (Å²) >= 11 is 0. The summed E-state index contributed by atoms with van der Waals surface area (Å²) < 4.78 is 0. The van der Waals surface area contributed by atoms with Gasteiger partial charge in [0.05, 0.1) is 5.69 Å². The van der Waals surface area contributed by atoms with Crippen LogP contribution in [0.15, 0.2) is 201 Å². The Labute approximate surface area is 313 Å². The predicted molar refractivity (Wildman–Crippen MR) is 231 cm³/mol. The molecule has 0 radical (unpaired) electrons. The standard InChI is InChI=1S/C48H38N2.C3H6/c1-34(36-13-5-3-6-14-36)21-22-35(2)37-23-27-41(28-24-37)50(48-33-40-17-9-10-18-43(40)44-19-11-12-20-45(44)48)42-29-25-39(26-30-42)47-32-31-46(49-47)38-15-7-4-8-16-38;1-3-2/h3-33,49H,1-2H3;3H,1H2,2H3/b34-21+,35-22+;. The maximum atomic E-state index is 3.62. The molecule has 0 aliphatic rings. The fourth-order valence-electron chi connectivity index (χ4n) is 6.80. The molecule has 0 amide bonds. The molecule has 2 heteroatoms. The van der Waals surface area contributed by atoms with E-state index in [9.17, 15) is 0 Å². The molecule has 1 heterocycles. The van der Waals surface area contributed by atoms with Gasteiger partial charge in [-0.15, -0.1) is 6.58 Å². The normalized spacial score (nSPS) is 11.6. The van der Waals surface area contributed by atoms with Crippen LogP contribution in [-0.4, -0.2) is 4.98 Å². The minimum Gasteiger partial charge on any atom is -0.355 e. The van der Waals surface area contributed by atoms with E-state index in [-0.39, 0.29) is 0 Å². The van der Waals surface area contributed by atoms with Crippen molar-refractivity contribution >= 4 is 49.8 Å². The number of benzene rings is 7. The SMILES string of the molecule is C/C(=C\C=C(/C)c1ccc(N(c2ccc(-c3ccc(-c4ccccc4)[nH]3)cc2)c2cc3ccccc3c3ccccc23)cc1)c1ccccc1.C=CC. The van der Waals surface area contributed by atoms with Gasteiger partial charge in [-0.2, -0.15) is 0 Å². The van der Waals surface area contributed by atoms with Crippen molar-refractivity contribution in [2.45, 2.75) is 20.8 Å². The lowest BCUT2D eigenvalue weighted by Gasteiger charge is -2.28. The van der Waals surface area contributed by atoms with Gasteiger partial charge in [-0.25, -0.2) is 0 Å². The number of rotatable bonds is 8. The van der Waals surface area contributed by atoms with E-state index in [0.717, 1.165) is 34.0 Å². The third kappa shape index (κ3) is 7.68. The monoisotopic (exact) mass is 684 g/mol. The lowest BCUT2D eigenvalue weighted by Crippen LogP contribution is -2.10. The van der Waals surface area contributed by atoms with Crippen molar-refractivity contribution < 1.29 is 0 Å². The van der Waals surface area contributed by atoms with Crippen LogP contribution in [0.5, 0.6) is 0 Å². The third-order valence-corrected chi connectivity index (χ3v) is 9.59. The van der Waals surface area contributed by atoms with Crippen LogP contribution in [-0.2, 0) is 0 Å². The smallest absolute Gasteiger partial charge is 0.0546 e. The number of aromatic nitrogens is 1. The highest BCUT2D eigenvalue weighted by atomic mass is 15.1. The Bertz CT molecular complexity index is 2520. The molecule has 0 fully saturated rings. The molecule has 0 atom stereocenters. The Hall–Kier alpha value is -6.64. The molecular weight excluding hydrogens is 641 g/mol. The summed E-state index contributed by atoms with van der Waals surface area (Å²) in [5.41, 5.74) is 12.8. The second-order valence-electron chi connectivity index (χ2n) is 13.2. The van der Waals surface area contributed by atoms with Crippen molar-refractivity contribution in [1.82, 2.24) is 4.98 Å². The van der Waals surface area contributed by atoms with Gasteiger partial charge in [0.1, 0.15) is 0 Å². The van der Waals surface area contributed by atoms with Crippen molar-refractivity contribution in [2.75, 3.05) is 4.90 Å². The Morgan fingerprint density at radius 1 is 0.491 bits per heavy atom. The second-order valence-corrected chi connectivity index (χ2v) is 13.2. The number of fused-ring (bicyclic) bond motifs is 3. The molecule has 8 aromatic rings. The second kappa shape index (κ2) is 16.1. The zero-order valence-electron chi connectivity index (χ0n) is 30.6. The number of anilines is 3. The zero-order valence-corrected chi connectivity index (χ0v) is 30.6. The van der Waals surface area contributed by atoms with Gasteiger partial charge in [-0.05, 0) is 113 Å². The average molecular weight is 685 g/mol. The first-order valence-electron chi connectivity index (χ1n) is 18.2. The molecule has 2 nitrogen and oxygen atoms in total. The molecule has 0 saturated heterocycles. The van der Waals surface area contributed by atoms with Crippen molar-refractivity contribution in [3.05, 3.63) is 212 Å². The van der Waals surface area contributed by atoms with E-state index in [4.69, 9.17) is 0 Å². The number of H-pyrrole nitrogens is 1. The highest BCUT2D eigenvalue weighted by Crippen LogP contribution is 2.42. The van der Waals surface area contributed by atoms with Gasteiger partial charge in [0, 0.05) is 28.1 Å². The predicted octanol–water partition coefficient (Wildman–Crippen LogP) is 14.8. The van der Waals surface area contributed by atoms with Crippen molar-refractivity contribution in [2.24, 2.45) is 0 Å². The Balaban J connectivity index is 0.00000140. The van der Waals surface area contributed by atoms with Crippen molar-refractivity contribution in [1.29, 1.82) is 0 Å². The van der Waals surface area contributed by atoms with Gasteiger partial charge in [-0.1, -0.05) is 152 Å². The van der Waals surface area contributed by atoms with Gasteiger partial charge in [0.15, 0.2) is 0 Å². The molecule has 0 unspecified atom stereocenters. The van der Waals surface area contributed by atoms with Crippen molar-refractivity contribution in [3.63, 3.8) is 0 Å². The molecule has 0 spiro atoms. The molecule has 258 valence electrons. The average Bonchev–Trinajstić information content (AvgIpc) is 3.72. The van der Waals surface area contributed by atoms with Gasteiger partial charge < -0.3 is 9.88 Å². The largest absolute Gasteiger partial charge is 0.355 e. The first-order valence-corrected chi connectivity index (χ1v) is 18.2. The van der Waals surface area contributed by atoms with Gasteiger partial charge in [-0.3, -0.25) is 0 Å². The van der Waals surface area contributed by atoms with Crippen LogP contribution in [0.25, 0.3) is 55.2 Å². The first kappa shape index (κ1) is 34.8. The summed E-state index contributed by atoms with van der Waals surface area (Å²) in [4.78, 5) is 6.02. The van der Waals surface area contributed by atoms with E-state index in [2.05, 4.69) is 212 Å². The van der Waals surface area contributed by atoms with Gasteiger partial charge >= 0.3 is 0 Å². The summed E-state index contributed by atoms with van der Waals surface area (Å²) in [5, 5.41) is 4.95. The van der Waals surface area contributed by atoms with E-state index in [1.807, 2.05) is 13.0 Å². The number of allylic oxidation sites excluding steroid dienone is 5. The lowest BCUT2D eigenvalue weighted by molar-refractivity contribution is 1.29. The van der Waals surface area contributed by atoms with E-state index < -0.39 is 0 Å². The Morgan fingerprint density at radius 2 is 0.943 bits per heavy atom. The molecule has 0 saturated carbocycles. The highest BCUT2D eigenvalue weighted by Gasteiger charge is 2.18. The van der Waals surface area contributed by atoms with Crippen molar-refractivity contribution in [3.8, 4) is 22.5 Å². The molecule has 0 aliphatic heterocycles. The molecule has 0 bridgehead atoms. The first-order chi connectivity index (χ1) is 26.0. The molecular formula is C51H44N2.